The zero-order valence-corrected chi connectivity index (χ0v) is 7.27. The van der Waals surface area contributed by atoms with Gasteiger partial charge in [0, 0.05) is 18.0 Å². The minimum atomic E-state index is -0.123. The molecule has 2 heterocycles. The van der Waals surface area contributed by atoms with Gasteiger partial charge in [0.1, 0.15) is 0 Å². The Morgan fingerprint density at radius 3 is 3.15 bits per heavy atom. The van der Waals surface area contributed by atoms with E-state index in [0.29, 0.717) is 5.65 Å². The van der Waals surface area contributed by atoms with Crippen molar-refractivity contribution in [3.63, 3.8) is 0 Å². The predicted molar refractivity (Wildman–Crippen MR) is 48.6 cm³/mol. The highest BCUT2D eigenvalue weighted by atomic mass is 16.1. The Bertz CT molecular complexity index is 489. The molecule has 0 aliphatic rings. The van der Waals surface area contributed by atoms with E-state index < -0.39 is 0 Å². The van der Waals surface area contributed by atoms with Gasteiger partial charge in [0.2, 0.25) is 0 Å². The summed E-state index contributed by atoms with van der Waals surface area (Å²) >= 11 is 0. The molecule has 0 aliphatic heterocycles. The Balaban J connectivity index is 2.85. The third-order valence-electron chi connectivity index (χ3n) is 1.85. The minimum absolute atomic E-state index is 0.123. The van der Waals surface area contributed by atoms with Gasteiger partial charge in [-0.3, -0.25) is 4.79 Å². The summed E-state index contributed by atoms with van der Waals surface area (Å²) in [6, 6.07) is 5.05. The van der Waals surface area contributed by atoms with Crippen molar-refractivity contribution in [1.29, 1.82) is 0 Å². The maximum Gasteiger partial charge on any atom is 0.274 e. The largest absolute Gasteiger partial charge is 0.274 e. The fourth-order valence-electron chi connectivity index (χ4n) is 1.18. The molecule has 66 valence electrons. The number of rotatable bonds is 1. The maximum absolute atomic E-state index is 11.4. The summed E-state index contributed by atoms with van der Waals surface area (Å²) in [6.07, 6.45) is 2.34. The van der Waals surface area contributed by atoms with E-state index in [1.54, 1.807) is 18.3 Å². The molecule has 0 spiro atoms. The lowest BCUT2D eigenvalue weighted by Gasteiger charge is -1.99. The summed E-state index contributed by atoms with van der Waals surface area (Å²) in [5.41, 5.74) is 1.28. The fraction of sp³-hybridized carbons (Fsp3) is 0.222. The van der Waals surface area contributed by atoms with Crippen LogP contribution < -0.4 is 5.56 Å². The van der Waals surface area contributed by atoms with E-state index in [-0.39, 0.29) is 5.56 Å². The fourth-order valence-corrected chi connectivity index (χ4v) is 1.18. The normalized spacial score (nSPS) is 10.5. The second kappa shape index (κ2) is 2.97. The summed E-state index contributed by atoms with van der Waals surface area (Å²) < 4.78 is 1.29. The van der Waals surface area contributed by atoms with Gasteiger partial charge in [0.15, 0.2) is 5.65 Å². The Hall–Kier alpha value is -1.71. The molecule has 4 heteroatoms. The second-order valence-electron chi connectivity index (χ2n) is 2.73. The van der Waals surface area contributed by atoms with Crippen LogP contribution in [0.1, 0.15) is 12.6 Å². The average Bonchev–Trinajstić information content (AvgIpc) is 2.18. The molecule has 0 amide bonds. The van der Waals surface area contributed by atoms with Crippen molar-refractivity contribution in [1.82, 2.24) is 14.6 Å². The van der Waals surface area contributed by atoms with Crippen molar-refractivity contribution in [2.45, 2.75) is 13.3 Å². The Labute approximate surface area is 74.9 Å². The number of fused-ring (bicyclic) bond motifs is 1. The molecular weight excluding hydrogens is 166 g/mol. The van der Waals surface area contributed by atoms with Gasteiger partial charge in [-0.2, -0.15) is 9.61 Å². The molecular formula is C9H9N3O. The molecule has 0 radical (unpaired) electrons. The third-order valence-corrected chi connectivity index (χ3v) is 1.85. The molecule has 0 atom stereocenters. The van der Waals surface area contributed by atoms with Crippen molar-refractivity contribution >= 4 is 5.65 Å². The lowest BCUT2D eigenvalue weighted by molar-refractivity contribution is 0.846. The molecule has 0 saturated carbocycles. The van der Waals surface area contributed by atoms with E-state index >= 15 is 0 Å². The van der Waals surface area contributed by atoms with Gasteiger partial charge in [-0.05, 0) is 18.6 Å². The summed E-state index contributed by atoms with van der Waals surface area (Å²) in [5.74, 6) is 0. The van der Waals surface area contributed by atoms with Crippen LogP contribution in [0, 0.1) is 0 Å². The van der Waals surface area contributed by atoms with Crippen LogP contribution >= 0.6 is 0 Å². The Morgan fingerprint density at radius 1 is 1.54 bits per heavy atom. The molecule has 0 bridgehead atoms. The minimum Gasteiger partial charge on any atom is -0.267 e. The van der Waals surface area contributed by atoms with Crippen molar-refractivity contribution in [3.8, 4) is 0 Å². The molecule has 0 unspecified atom stereocenters. The Morgan fingerprint density at radius 2 is 2.38 bits per heavy atom. The first-order valence-electron chi connectivity index (χ1n) is 4.15. The smallest absolute Gasteiger partial charge is 0.267 e. The summed E-state index contributed by atoms with van der Waals surface area (Å²) in [6.45, 7) is 1.97. The van der Waals surface area contributed by atoms with Gasteiger partial charge >= 0.3 is 0 Å². The molecule has 13 heavy (non-hydrogen) atoms. The van der Waals surface area contributed by atoms with Crippen LogP contribution in [0.2, 0.25) is 0 Å². The van der Waals surface area contributed by atoms with E-state index in [2.05, 4.69) is 10.1 Å². The highest BCUT2D eigenvalue weighted by molar-refractivity contribution is 5.35. The number of aryl methyl sites for hydroxylation is 1. The van der Waals surface area contributed by atoms with Gasteiger partial charge in [-0.25, -0.2) is 4.98 Å². The van der Waals surface area contributed by atoms with E-state index in [1.165, 1.54) is 10.6 Å². The summed E-state index contributed by atoms with van der Waals surface area (Å²) in [7, 11) is 0. The van der Waals surface area contributed by atoms with Crippen LogP contribution in [-0.4, -0.2) is 14.6 Å². The van der Waals surface area contributed by atoms with Crippen LogP contribution in [0.5, 0.6) is 0 Å². The predicted octanol–water partition coefficient (Wildman–Crippen LogP) is 0.652. The zero-order valence-electron chi connectivity index (χ0n) is 7.27. The van der Waals surface area contributed by atoms with Crippen LogP contribution in [0.15, 0.2) is 29.2 Å². The van der Waals surface area contributed by atoms with Crippen molar-refractivity contribution in [3.05, 3.63) is 40.4 Å². The first kappa shape index (κ1) is 7.91. The highest BCUT2D eigenvalue weighted by Gasteiger charge is 1.99. The molecule has 4 nitrogen and oxygen atoms in total. The molecule has 2 aromatic heterocycles. The molecule has 0 aromatic carbocycles. The maximum atomic E-state index is 11.4. The monoisotopic (exact) mass is 175 g/mol. The topological polar surface area (TPSA) is 47.3 Å². The first-order chi connectivity index (χ1) is 6.31. The number of hydrogen-bond donors (Lipinski definition) is 0. The lowest BCUT2D eigenvalue weighted by atomic mass is 10.3. The first-order valence-corrected chi connectivity index (χ1v) is 4.15. The Kier molecular flexibility index (Phi) is 1.81. The zero-order chi connectivity index (χ0) is 9.26. The molecule has 0 saturated heterocycles. The van der Waals surface area contributed by atoms with Crippen LogP contribution in [0.25, 0.3) is 5.65 Å². The van der Waals surface area contributed by atoms with Gasteiger partial charge < -0.3 is 0 Å². The van der Waals surface area contributed by atoms with Gasteiger partial charge in [-0.1, -0.05) is 6.92 Å². The molecule has 0 fully saturated rings. The van der Waals surface area contributed by atoms with Gasteiger partial charge in [0.25, 0.3) is 5.56 Å². The van der Waals surface area contributed by atoms with E-state index in [4.69, 9.17) is 0 Å². The van der Waals surface area contributed by atoms with Gasteiger partial charge in [0.05, 0.1) is 0 Å². The van der Waals surface area contributed by atoms with E-state index in [0.717, 1.165) is 12.1 Å². The molecule has 2 rings (SSSR count). The SMILES string of the molecule is CCc1cc(=O)n2ncccc2n1. The van der Waals surface area contributed by atoms with Crippen LogP contribution in [0.3, 0.4) is 0 Å². The average molecular weight is 175 g/mol. The third kappa shape index (κ3) is 1.30. The number of aromatic nitrogens is 3. The van der Waals surface area contributed by atoms with Gasteiger partial charge in [-0.15, -0.1) is 0 Å². The molecule has 0 N–H and O–H groups in total. The highest BCUT2D eigenvalue weighted by Crippen LogP contribution is 1.96. The second-order valence-corrected chi connectivity index (χ2v) is 2.73. The van der Waals surface area contributed by atoms with E-state index in [1.807, 2.05) is 6.92 Å². The summed E-state index contributed by atoms with van der Waals surface area (Å²) in [5, 5.41) is 3.90. The van der Waals surface area contributed by atoms with Crippen molar-refractivity contribution in [2.24, 2.45) is 0 Å². The molecule has 0 aliphatic carbocycles. The standard InChI is InChI=1S/C9H9N3O/c1-2-7-6-9(13)12-8(11-7)4-3-5-10-12/h3-6H,2H2,1H3. The summed E-state index contributed by atoms with van der Waals surface area (Å²) in [4.78, 5) is 15.7. The molecule has 2 aromatic rings. The van der Waals surface area contributed by atoms with E-state index in [9.17, 15) is 4.79 Å². The van der Waals surface area contributed by atoms with Crippen LogP contribution in [-0.2, 0) is 6.42 Å². The number of nitrogens with zero attached hydrogens (tertiary/aromatic N) is 3. The quantitative estimate of drug-likeness (QED) is 0.639. The number of hydrogen-bond acceptors (Lipinski definition) is 3. The van der Waals surface area contributed by atoms with Crippen molar-refractivity contribution in [2.75, 3.05) is 0 Å². The lowest BCUT2D eigenvalue weighted by Crippen LogP contribution is -2.17. The van der Waals surface area contributed by atoms with Crippen LogP contribution in [0.4, 0.5) is 0 Å². The van der Waals surface area contributed by atoms with Crippen molar-refractivity contribution < 1.29 is 0 Å².